The summed E-state index contributed by atoms with van der Waals surface area (Å²) in [5.74, 6) is 1.96. The number of rotatable bonds is 5. The van der Waals surface area contributed by atoms with Gasteiger partial charge < -0.3 is 10.1 Å². The van der Waals surface area contributed by atoms with Crippen LogP contribution in [0.4, 0.5) is 5.69 Å². The molecular formula is C19H19N5O2. The lowest BCUT2D eigenvalue weighted by atomic mass is 10.1. The number of ether oxygens (including phenoxy) is 1. The summed E-state index contributed by atoms with van der Waals surface area (Å²) in [5, 5.41) is 11.1. The molecule has 0 spiro atoms. The van der Waals surface area contributed by atoms with Gasteiger partial charge in [0.15, 0.2) is 5.82 Å². The molecule has 0 atom stereocenters. The van der Waals surface area contributed by atoms with E-state index in [1.165, 1.54) is 0 Å². The molecule has 26 heavy (non-hydrogen) atoms. The number of imidazole rings is 1. The molecule has 1 N–H and O–H groups in total. The Balaban J connectivity index is 1.37. The summed E-state index contributed by atoms with van der Waals surface area (Å²) in [6.07, 6.45) is 9.39. The Morgan fingerprint density at radius 1 is 1.08 bits per heavy atom. The van der Waals surface area contributed by atoms with Crippen molar-refractivity contribution < 1.29 is 9.53 Å². The van der Waals surface area contributed by atoms with Crippen molar-refractivity contribution in [1.29, 1.82) is 0 Å². The van der Waals surface area contributed by atoms with Crippen molar-refractivity contribution >= 4 is 11.6 Å². The second-order valence-corrected chi connectivity index (χ2v) is 6.30. The molecule has 2 heterocycles. The highest BCUT2D eigenvalue weighted by Gasteiger charge is 2.22. The number of carbonyl (C=O) groups excluding carboxylic acids is 1. The second-order valence-electron chi connectivity index (χ2n) is 6.30. The number of carbonyl (C=O) groups is 1. The minimum absolute atomic E-state index is 0.108. The summed E-state index contributed by atoms with van der Waals surface area (Å²) >= 11 is 0. The Hall–Kier alpha value is -3.22. The zero-order valence-corrected chi connectivity index (χ0v) is 14.2. The van der Waals surface area contributed by atoms with E-state index in [0.29, 0.717) is 17.4 Å². The molecule has 1 amide bonds. The molecule has 1 aliphatic carbocycles. The molecular weight excluding hydrogens is 330 g/mol. The van der Waals surface area contributed by atoms with Gasteiger partial charge >= 0.3 is 0 Å². The Labute approximate surface area is 151 Å². The normalized spacial score (nSPS) is 14.3. The van der Waals surface area contributed by atoms with Gasteiger partial charge in [0.25, 0.3) is 0 Å². The smallest absolute Gasteiger partial charge is 0.238 e. The van der Waals surface area contributed by atoms with E-state index in [-0.39, 0.29) is 11.8 Å². The standard InChI is InChI=1S/C19H19N5O2/c25-19(14-3-1-2-4-14)21-15-5-7-16(8-6-15)26-18-10-9-17(22-23-18)24-12-11-20-13-24/h5-14H,1-4H2,(H,21,25). The van der Waals surface area contributed by atoms with Gasteiger partial charge in [0, 0.05) is 30.1 Å². The highest BCUT2D eigenvalue weighted by atomic mass is 16.5. The third-order valence-electron chi connectivity index (χ3n) is 4.47. The Morgan fingerprint density at radius 2 is 1.88 bits per heavy atom. The van der Waals surface area contributed by atoms with Crippen LogP contribution in [0, 0.1) is 5.92 Å². The molecule has 0 bridgehead atoms. The summed E-state index contributed by atoms with van der Waals surface area (Å²) in [7, 11) is 0. The van der Waals surface area contributed by atoms with Crippen molar-refractivity contribution in [2.75, 3.05) is 5.32 Å². The fourth-order valence-electron chi connectivity index (χ4n) is 3.06. The van der Waals surface area contributed by atoms with E-state index in [9.17, 15) is 4.79 Å². The topological polar surface area (TPSA) is 81.9 Å². The lowest BCUT2D eigenvalue weighted by Crippen LogP contribution is -2.20. The number of hydrogen-bond acceptors (Lipinski definition) is 5. The van der Waals surface area contributed by atoms with Gasteiger partial charge in [0.05, 0.1) is 0 Å². The van der Waals surface area contributed by atoms with E-state index in [1.54, 1.807) is 47.6 Å². The predicted octanol–water partition coefficient (Wildman–Crippen LogP) is 3.58. The fourth-order valence-corrected chi connectivity index (χ4v) is 3.06. The molecule has 1 fully saturated rings. The van der Waals surface area contributed by atoms with Crippen LogP contribution in [0.1, 0.15) is 25.7 Å². The van der Waals surface area contributed by atoms with Crippen LogP contribution in [0.2, 0.25) is 0 Å². The molecule has 2 aromatic heterocycles. The number of hydrogen-bond donors (Lipinski definition) is 1. The van der Waals surface area contributed by atoms with Crippen molar-refractivity contribution in [3.05, 3.63) is 55.1 Å². The third kappa shape index (κ3) is 3.72. The molecule has 3 aromatic rings. The van der Waals surface area contributed by atoms with Crippen molar-refractivity contribution in [1.82, 2.24) is 19.7 Å². The lowest BCUT2D eigenvalue weighted by Gasteiger charge is -2.11. The van der Waals surface area contributed by atoms with E-state index in [2.05, 4.69) is 20.5 Å². The highest BCUT2D eigenvalue weighted by molar-refractivity contribution is 5.92. The maximum absolute atomic E-state index is 12.2. The van der Waals surface area contributed by atoms with Gasteiger partial charge in [-0.25, -0.2) is 4.98 Å². The van der Waals surface area contributed by atoms with Gasteiger partial charge in [-0.1, -0.05) is 12.8 Å². The fraction of sp³-hybridized carbons (Fsp3) is 0.263. The molecule has 132 valence electrons. The predicted molar refractivity (Wildman–Crippen MR) is 96.3 cm³/mol. The summed E-state index contributed by atoms with van der Waals surface area (Å²) in [6, 6.07) is 10.8. The number of amides is 1. The molecule has 0 aliphatic heterocycles. The van der Waals surface area contributed by atoms with Crippen molar-refractivity contribution in [3.8, 4) is 17.4 Å². The van der Waals surface area contributed by atoms with Gasteiger partial charge in [0.2, 0.25) is 11.8 Å². The van der Waals surface area contributed by atoms with E-state index in [1.807, 2.05) is 12.1 Å². The molecule has 0 radical (unpaired) electrons. The molecule has 1 saturated carbocycles. The Bertz CT molecular complexity index is 854. The SMILES string of the molecule is O=C(Nc1ccc(Oc2ccc(-n3ccnc3)nn2)cc1)C1CCCC1. The summed E-state index contributed by atoms with van der Waals surface area (Å²) in [5.41, 5.74) is 0.774. The van der Waals surface area contributed by atoms with Crippen LogP contribution in [-0.2, 0) is 4.79 Å². The van der Waals surface area contributed by atoms with Crippen LogP contribution in [0.3, 0.4) is 0 Å². The molecule has 0 saturated heterocycles. The van der Waals surface area contributed by atoms with Gasteiger partial charge in [0.1, 0.15) is 12.1 Å². The minimum atomic E-state index is 0.108. The molecule has 1 aliphatic rings. The van der Waals surface area contributed by atoms with Crippen LogP contribution in [0.5, 0.6) is 11.6 Å². The molecule has 0 unspecified atom stereocenters. The maximum Gasteiger partial charge on any atom is 0.238 e. The van der Waals surface area contributed by atoms with Crippen LogP contribution in [0.15, 0.2) is 55.1 Å². The van der Waals surface area contributed by atoms with E-state index >= 15 is 0 Å². The zero-order valence-electron chi connectivity index (χ0n) is 14.2. The first-order valence-corrected chi connectivity index (χ1v) is 8.69. The first kappa shape index (κ1) is 16.3. The number of benzene rings is 1. The number of anilines is 1. The second kappa shape index (κ2) is 7.35. The average molecular weight is 349 g/mol. The monoisotopic (exact) mass is 349 g/mol. The van der Waals surface area contributed by atoms with Gasteiger partial charge in [-0.3, -0.25) is 9.36 Å². The van der Waals surface area contributed by atoms with E-state index < -0.39 is 0 Å². The van der Waals surface area contributed by atoms with Gasteiger partial charge in [-0.05, 0) is 43.2 Å². The minimum Gasteiger partial charge on any atom is -0.438 e. The molecule has 7 nitrogen and oxygen atoms in total. The number of nitrogens with zero attached hydrogens (tertiary/aromatic N) is 4. The summed E-state index contributed by atoms with van der Waals surface area (Å²) < 4.78 is 7.46. The van der Waals surface area contributed by atoms with Crippen LogP contribution in [-0.4, -0.2) is 25.7 Å². The number of nitrogens with one attached hydrogen (secondary N) is 1. The maximum atomic E-state index is 12.2. The van der Waals surface area contributed by atoms with Crippen LogP contribution >= 0.6 is 0 Å². The van der Waals surface area contributed by atoms with E-state index in [0.717, 1.165) is 31.4 Å². The number of aromatic nitrogens is 4. The quantitative estimate of drug-likeness (QED) is 0.761. The highest BCUT2D eigenvalue weighted by Crippen LogP contribution is 2.27. The van der Waals surface area contributed by atoms with Gasteiger partial charge in [-0.2, -0.15) is 0 Å². The molecule has 1 aromatic carbocycles. The zero-order chi connectivity index (χ0) is 17.8. The first-order chi connectivity index (χ1) is 12.8. The van der Waals surface area contributed by atoms with Crippen molar-refractivity contribution in [3.63, 3.8) is 0 Å². The Morgan fingerprint density at radius 3 is 2.54 bits per heavy atom. The summed E-state index contributed by atoms with van der Waals surface area (Å²) in [6.45, 7) is 0. The third-order valence-corrected chi connectivity index (χ3v) is 4.47. The van der Waals surface area contributed by atoms with Crippen molar-refractivity contribution in [2.24, 2.45) is 5.92 Å². The molecule has 4 rings (SSSR count). The summed E-state index contributed by atoms with van der Waals surface area (Å²) in [4.78, 5) is 16.1. The molecule has 7 heteroatoms. The Kier molecular flexibility index (Phi) is 4.59. The lowest BCUT2D eigenvalue weighted by molar-refractivity contribution is -0.119. The average Bonchev–Trinajstić information content (AvgIpc) is 3.38. The van der Waals surface area contributed by atoms with E-state index in [4.69, 9.17) is 4.74 Å². The van der Waals surface area contributed by atoms with Crippen LogP contribution < -0.4 is 10.1 Å². The largest absolute Gasteiger partial charge is 0.438 e. The van der Waals surface area contributed by atoms with Crippen LogP contribution in [0.25, 0.3) is 5.82 Å². The van der Waals surface area contributed by atoms with Gasteiger partial charge in [-0.15, -0.1) is 10.2 Å². The first-order valence-electron chi connectivity index (χ1n) is 8.69. The van der Waals surface area contributed by atoms with Crippen molar-refractivity contribution in [2.45, 2.75) is 25.7 Å².